The van der Waals surface area contributed by atoms with Crippen molar-refractivity contribution in [3.05, 3.63) is 12.7 Å². The fourth-order valence-electron chi connectivity index (χ4n) is 1.81. The summed E-state index contributed by atoms with van der Waals surface area (Å²) in [4.78, 5) is 11.7. The quantitative estimate of drug-likeness (QED) is 0.514. The Morgan fingerprint density at radius 3 is 3.06 bits per heavy atom. The number of rotatable bonds is 5. The van der Waals surface area contributed by atoms with Gasteiger partial charge in [0.25, 0.3) is 0 Å². The molecule has 0 spiro atoms. The zero-order valence-corrected chi connectivity index (χ0v) is 11.6. The van der Waals surface area contributed by atoms with Gasteiger partial charge < -0.3 is 5.32 Å². The Morgan fingerprint density at radius 1 is 1.72 bits per heavy atom. The van der Waals surface area contributed by atoms with Crippen LogP contribution in [-0.2, 0) is 4.79 Å². The first-order valence-corrected chi connectivity index (χ1v) is 7.37. The van der Waals surface area contributed by atoms with Crippen LogP contribution in [0.2, 0.25) is 0 Å². The van der Waals surface area contributed by atoms with E-state index in [4.69, 9.17) is 0 Å². The molecule has 1 saturated carbocycles. The molecule has 0 aromatic carbocycles. The molecule has 1 heterocycles. The van der Waals surface area contributed by atoms with Crippen LogP contribution < -0.4 is 5.32 Å². The summed E-state index contributed by atoms with van der Waals surface area (Å²) in [6, 6.07) is 0. The largest absolute Gasteiger partial charge is 0.300 e. The topological polar surface area (TPSA) is 54.9 Å². The Bertz CT molecular complexity index is 453. The summed E-state index contributed by atoms with van der Waals surface area (Å²) >= 11 is 2.83. The second kappa shape index (κ2) is 5.36. The van der Waals surface area contributed by atoms with Crippen molar-refractivity contribution in [2.45, 2.75) is 29.8 Å². The minimum atomic E-state index is -1.19. The summed E-state index contributed by atoms with van der Waals surface area (Å²) in [5.41, 5.74) is -1.19. The van der Waals surface area contributed by atoms with Crippen molar-refractivity contribution < 1.29 is 9.18 Å². The maximum atomic E-state index is 13.3. The highest BCUT2D eigenvalue weighted by Crippen LogP contribution is 2.41. The lowest BCUT2D eigenvalue weighted by Crippen LogP contribution is -2.43. The van der Waals surface area contributed by atoms with Gasteiger partial charge in [-0.2, -0.15) is 0 Å². The normalized spacial score (nSPS) is 26.4. The Hall–Kier alpha value is -0.950. The van der Waals surface area contributed by atoms with Crippen LogP contribution in [0.5, 0.6) is 0 Å². The smallest absolute Gasteiger partial charge is 0.229 e. The molecule has 0 radical (unpaired) electrons. The zero-order valence-electron chi connectivity index (χ0n) is 9.98. The second-order valence-electron chi connectivity index (χ2n) is 4.48. The van der Waals surface area contributed by atoms with Crippen LogP contribution in [0.1, 0.15) is 19.8 Å². The van der Waals surface area contributed by atoms with Crippen LogP contribution in [0, 0.1) is 5.92 Å². The number of halogens is 1. The first kappa shape index (κ1) is 13.5. The molecule has 2 rings (SSSR count). The fourth-order valence-corrected chi connectivity index (χ4v) is 3.33. The van der Waals surface area contributed by atoms with Gasteiger partial charge in [-0.25, -0.2) is 4.39 Å². The van der Waals surface area contributed by atoms with Gasteiger partial charge in [0.15, 0.2) is 4.34 Å². The van der Waals surface area contributed by atoms with Crippen LogP contribution in [-0.4, -0.2) is 27.5 Å². The molecule has 1 fully saturated rings. The lowest BCUT2D eigenvalue weighted by atomic mass is 9.73. The Morgan fingerprint density at radius 2 is 2.44 bits per heavy atom. The van der Waals surface area contributed by atoms with Crippen molar-refractivity contribution in [2.75, 3.05) is 11.1 Å². The molecule has 1 N–H and O–H groups in total. The van der Waals surface area contributed by atoms with E-state index in [1.165, 1.54) is 30.0 Å². The number of carbonyl (C=O) groups excluding carboxylic acids is 1. The van der Waals surface area contributed by atoms with E-state index in [0.29, 0.717) is 5.13 Å². The Labute approximate surface area is 113 Å². The molecule has 98 valence electrons. The number of thioether (sulfide) groups is 1. The fraction of sp³-hybridized carbons (Fsp3) is 0.545. The van der Waals surface area contributed by atoms with Gasteiger partial charge in [0, 0.05) is 11.7 Å². The molecular formula is C11H14FN3OS2. The van der Waals surface area contributed by atoms with Crippen LogP contribution in [0.4, 0.5) is 9.52 Å². The summed E-state index contributed by atoms with van der Waals surface area (Å²) in [7, 11) is 0. The summed E-state index contributed by atoms with van der Waals surface area (Å²) in [6.07, 6.45) is 2.35. The van der Waals surface area contributed by atoms with Crippen molar-refractivity contribution in [2.24, 2.45) is 5.92 Å². The molecule has 1 aliphatic carbocycles. The number of nitrogens with one attached hydrogen (secondary N) is 1. The monoisotopic (exact) mass is 287 g/mol. The molecule has 7 heteroatoms. The van der Waals surface area contributed by atoms with E-state index in [9.17, 15) is 9.18 Å². The molecule has 0 bridgehead atoms. The first-order chi connectivity index (χ1) is 8.50. The van der Waals surface area contributed by atoms with Crippen molar-refractivity contribution in [1.82, 2.24) is 10.2 Å². The van der Waals surface area contributed by atoms with Crippen LogP contribution in [0.3, 0.4) is 0 Å². The van der Waals surface area contributed by atoms with E-state index < -0.39 is 5.67 Å². The minimum Gasteiger partial charge on any atom is -0.300 e. The van der Waals surface area contributed by atoms with Crippen LogP contribution in [0.15, 0.2) is 17.0 Å². The summed E-state index contributed by atoms with van der Waals surface area (Å²) in [6.45, 7) is 5.14. The number of carbonyl (C=O) groups is 1. The number of alkyl halides is 1. The first-order valence-electron chi connectivity index (χ1n) is 5.57. The second-order valence-corrected chi connectivity index (χ2v) is 6.73. The van der Waals surface area contributed by atoms with Crippen molar-refractivity contribution in [3.8, 4) is 0 Å². The highest BCUT2D eigenvalue weighted by Gasteiger charge is 2.44. The average Bonchev–Trinajstić information content (AvgIpc) is 2.70. The van der Waals surface area contributed by atoms with Crippen molar-refractivity contribution in [3.63, 3.8) is 0 Å². The van der Waals surface area contributed by atoms with Crippen LogP contribution >= 0.6 is 23.1 Å². The number of aromatic nitrogens is 2. The van der Waals surface area contributed by atoms with Crippen LogP contribution in [0.25, 0.3) is 0 Å². The molecule has 1 amide bonds. The zero-order chi connectivity index (χ0) is 13.2. The van der Waals surface area contributed by atoms with Gasteiger partial charge >= 0.3 is 0 Å². The summed E-state index contributed by atoms with van der Waals surface area (Å²) < 4.78 is 14.1. The molecule has 0 unspecified atom stereocenters. The lowest BCUT2D eigenvalue weighted by Gasteiger charge is -2.37. The molecule has 0 atom stereocenters. The average molecular weight is 287 g/mol. The highest BCUT2D eigenvalue weighted by atomic mass is 32.2. The van der Waals surface area contributed by atoms with Crippen molar-refractivity contribution >= 4 is 34.1 Å². The Balaban J connectivity index is 1.84. The summed E-state index contributed by atoms with van der Waals surface area (Å²) in [5, 5.41) is 11.0. The van der Waals surface area contributed by atoms with E-state index in [-0.39, 0.29) is 24.7 Å². The van der Waals surface area contributed by atoms with Gasteiger partial charge in [-0.05, 0) is 19.8 Å². The molecular weight excluding hydrogens is 273 g/mol. The minimum absolute atomic E-state index is 0.165. The summed E-state index contributed by atoms with van der Waals surface area (Å²) in [5.74, 6) is 0.348. The third kappa shape index (κ3) is 3.29. The number of nitrogens with zero attached hydrogens (tertiary/aromatic N) is 2. The predicted octanol–water partition coefficient (Wildman–Crippen LogP) is 2.89. The lowest BCUT2D eigenvalue weighted by molar-refractivity contribution is -0.127. The Kier molecular flexibility index (Phi) is 4.01. The SMILES string of the molecule is C=CCSc1nnc(NC(=O)C2CC(C)(F)C2)s1. The van der Waals surface area contributed by atoms with E-state index >= 15 is 0 Å². The molecule has 4 nitrogen and oxygen atoms in total. The number of anilines is 1. The van der Waals surface area contributed by atoms with Gasteiger partial charge in [0.05, 0.1) is 0 Å². The van der Waals surface area contributed by atoms with Gasteiger partial charge in [-0.3, -0.25) is 4.79 Å². The molecule has 0 aliphatic heterocycles. The number of amides is 1. The maximum Gasteiger partial charge on any atom is 0.229 e. The third-order valence-corrected chi connectivity index (χ3v) is 4.64. The number of hydrogen-bond acceptors (Lipinski definition) is 5. The molecule has 18 heavy (non-hydrogen) atoms. The van der Waals surface area contributed by atoms with Crippen molar-refractivity contribution in [1.29, 1.82) is 0 Å². The van der Waals surface area contributed by atoms with Gasteiger partial charge in [0.2, 0.25) is 11.0 Å². The molecule has 0 saturated heterocycles. The van der Waals surface area contributed by atoms with E-state index in [2.05, 4.69) is 22.1 Å². The van der Waals surface area contributed by atoms with E-state index in [1.807, 2.05) is 0 Å². The maximum absolute atomic E-state index is 13.3. The molecule has 1 aliphatic rings. The predicted molar refractivity (Wildman–Crippen MR) is 71.7 cm³/mol. The molecule has 1 aromatic rings. The standard InChI is InChI=1S/C11H14FN3OS2/c1-3-4-17-10-15-14-9(18-10)13-8(16)7-5-11(2,12)6-7/h3,7H,1,4-6H2,2H3,(H,13,14,16). The van der Waals surface area contributed by atoms with Gasteiger partial charge in [-0.15, -0.1) is 16.8 Å². The van der Waals surface area contributed by atoms with Gasteiger partial charge in [-0.1, -0.05) is 29.2 Å². The van der Waals surface area contributed by atoms with Gasteiger partial charge in [0.1, 0.15) is 5.67 Å². The highest BCUT2D eigenvalue weighted by molar-refractivity contribution is 8.01. The van der Waals surface area contributed by atoms with E-state index in [0.717, 1.165) is 10.1 Å². The molecule has 1 aromatic heterocycles. The van der Waals surface area contributed by atoms with E-state index in [1.54, 1.807) is 6.08 Å². The number of hydrogen-bond donors (Lipinski definition) is 1. The third-order valence-electron chi connectivity index (χ3n) is 2.68.